The molecule has 1 unspecified atom stereocenters. The van der Waals surface area contributed by atoms with E-state index >= 15 is 0 Å². The Hall–Kier alpha value is -4.73. The monoisotopic (exact) mass is 458 g/mol. The number of aromatic nitrogens is 1. The van der Waals surface area contributed by atoms with Crippen molar-refractivity contribution in [3.05, 3.63) is 84.2 Å². The van der Waals surface area contributed by atoms with E-state index in [9.17, 15) is 19.2 Å². The van der Waals surface area contributed by atoms with Gasteiger partial charge >= 0.3 is 0 Å². The largest absolute Gasteiger partial charge is 0.454 e. The van der Waals surface area contributed by atoms with Gasteiger partial charge in [0, 0.05) is 29.6 Å². The predicted octanol–water partition coefficient (Wildman–Crippen LogP) is 1.93. The molecule has 10 heteroatoms. The summed E-state index contributed by atoms with van der Waals surface area (Å²) in [5.74, 6) is -1.49. The van der Waals surface area contributed by atoms with Crippen LogP contribution in [-0.2, 0) is 9.59 Å². The molecular weight excluding hydrogens is 440 g/mol. The van der Waals surface area contributed by atoms with E-state index in [0.29, 0.717) is 11.5 Å². The second kappa shape index (κ2) is 8.66. The zero-order valence-corrected chi connectivity index (χ0v) is 17.7. The molecule has 34 heavy (non-hydrogen) atoms. The van der Waals surface area contributed by atoms with Crippen LogP contribution in [0.2, 0.25) is 0 Å². The molecule has 2 aliphatic heterocycles. The summed E-state index contributed by atoms with van der Waals surface area (Å²) < 4.78 is 10.6. The number of hydrazine groups is 1. The zero-order chi connectivity index (χ0) is 23.7. The summed E-state index contributed by atoms with van der Waals surface area (Å²) in [6, 6.07) is 14.6. The molecule has 1 saturated heterocycles. The van der Waals surface area contributed by atoms with Crippen LogP contribution >= 0.6 is 0 Å². The molecule has 0 aliphatic carbocycles. The number of pyridine rings is 1. The van der Waals surface area contributed by atoms with E-state index in [-0.39, 0.29) is 30.0 Å². The third kappa shape index (κ3) is 3.81. The lowest BCUT2D eigenvalue weighted by molar-refractivity contribution is -0.122. The van der Waals surface area contributed by atoms with Crippen molar-refractivity contribution in [2.24, 2.45) is 0 Å². The number of carbonyl (C=O) groups is 4. The molecular formula is C24H18N4O6. The number of ether oxygens (including phenoxy) is 2. The Bertz CT molecular complexity index is 1280. The van der Waals surface area contributed by atoms with E-state index in [0.717, 1.165) is 9.91 Å². The van der Waals surface area contributed by atoms with Gasteiger partial charge in [-0.2, -0.15) is 0 Å². The van der Waals surface area contributed by atoms with Crippen molar-refractivity contribution in [1.82, 2.24) is 15.4 Å². The Morgan fingerprint density at radius 1 is 0.941 bits per heavy atom. The van der Waals surface area contributed by atoms with Gasteiger partial charge < -0.3 is 9.47 Å². The van der Waals surface area contributed by atoms with Crippen molar-refractivity contribution >= 4 is 29.3 Å². The van der Waals surface area contributed by atoms with Crippen molar-refractivity contribution in [2.75, 3.05) is 11.7 Å². The Balaban J connectivity index is 1.47. The minimum Gasteiger partial charge on any atom is -0.454 e. The molecule has 2 aliphatic rings. The van der Waals surface area contributed by atoms with Gasteiger partial charge in [-0.3, -0.25) is 29.6 Å². The van der Waals surface area contributed by atoms with Gasteiger partial charge in [0.2, 0.25) is 12.7 Å². The maximum absolute atomic E-state index is 13.4. The highest BCUT2D eigenvalue weighted by molar-refractivity contribution is 6.23. The second-order valence-electron chi connectivity index (χ2n) is 7.54. The molecule has 1 atom stereocenters. The van der Waals surface area contributed by atoms with E-state index in [1.165, 1.54) is 30.6 Å². The standard InChI is InChI=1S/C24H18N4O6/c29-21-13-18(24(32)27(21)17-6-7-19-20(12-17)34-14-33-19)28(23(31)16-4-2-1-3-5-16)26-22(30)15-8-10-25-11-9-15/h1-12,18H,13-14H2,(H,26,30). The van der Waals surface area contributed by atoms with E-state index in [1.807, 2.05) is 0 Å². The number of carbonyl (C=O) groups excluding carboxylic acids is 4. The molecule has 1 N–H and O–H groups in total. The first kappa shape index (κ1) is 21.1. The lowest BCUT2D eigenvalue weighted by Gasteiger charge is -2.28. The first-order chi connectivity index (χ1) is 16.5. The summed E-state index contributed by atoms with van der Waals surface area (Å²) >= 11 is 0. The van der Waals surface area contributed by atoms with Gasteiger partial charge in [-0.05, 0) is 36.4 Å². The maximum atomic E-state index is 13.4. The van der Waals surface area contributed by atoms with Gasteiger partial charge in [-0.15, -0.1) is 0 Å². The van der Waals surface area contributed by atoms with E-state index in [1.54, 1.807) is 42.5 Å². The second-order valence-corrected chi connectivity index (χ2v) is 7.54. The predicted molar refractivity (Wildman–Crippen MR) is 118 cm³/mol. The number of hydrogen-bond donors (Lipinski definition) is 1. The average molecular weight is 458 g/mol. The van der Waals surface area contributed by atoms with Gasteiger partial charge in [0.05, 0.1) is 12.1 Å². The highest BCUT2D eigenvalue weighted by atomic mass is 16.7. The number of nitrogens with zero attached hydrogens (tertiary/aromatic N) is 3. The fourth-order valence-electron chi connectivity index (χ4n) is 3.78. The van der Waals surface area contributed by atoms with Crippen molar-refractivity contribution in [3.8, 4) is 11.5 Å². The van der Waals surface area contributed by atoms with Crippen molar-refractivity contribution in [2.45, 2.75) is 12.5 Å². The van der Waals surface area contributed by atoms with Crippen molar-refractivity contribution < 1.29 is 28.7 Å². The van der Waals surface area contributed by atoms with Crippen LogP contribution < -0.4 is 19.8 Å². The number of fused-ring (bicyclic) bond motifs is 1. The number of hydrogen-bond acceptors (Lipinski definition) is 7. The molecule has 0 bridgehead atoms. The lowest BCUT2D eigenvalue weighted by Crippen LogP contribution is -2.54. The van der Waals surface area contributed by atoms with Crippen LogP contribution in [0.25, 0.3) is 0 Å². The Morgan fingerprint density at radius 2 is 1.68 bits per heavy atom. The average Bonchev–Trinajstić information content (AvgIpc) is 3.46. The van der Waals surface area contributed by atoms with Gasteiger partial charge in [-0.25, -0.2) is 9.91 Å². The number of imide groups is 1. The summed E-state index contributed by atoms with van der Waals surface area (Å²) in [6.07, 6.45) is 2.57. The van der Waals surface area contributed by atoms with Gasteiger partial charge in [0.1, 0.15) is 6.04 Å². The van der Waals surface area contributed by atoms with Crippen molar-refractivity contribution in [3.63, 3.8) is 0 Å². The highest BCUT2D eigenvalue weighted by Gasteiger charge is 2.45. The van der Waals surface area contributed by atoms with E-state index in [4.69, 9.17) is 9.47 Å². The lowest BCUT2D eigenvalue weighted by atomic mass is 10.1. The smallest absolute Gasteiger partial charge is 0.273 e. The number of amides is 4. The fraction of sp³-hybridized carbons (Fsp3) is 0.125. The molecule has 3 heterocycles. The highest BCUT2D eigenvalue weighted by Crippen LogP contribution is 2.37. The third-order valence-electron chi connectivity index (χ3n) is 5.45. The summed E-state index contributed by atoms with van der Waals surface area (Å²) in [5, 5.41) is 0.922. The summed E-state index contributed by atoms with van der Waals surface area (Å²) in [4.78, 5) is 57.3. The third-order valence-corrected chi connectivity index (χ3v) is 5.45. The quantitative estimate of drug-likeness (QED) is 0.469. The van der Waals surface area contributed by atoms with Crippen LogP contribution in [-0.4, -0.2) is 46.5 Å². The molecule has 170 valence electrons. The van der Waals surface area contributed by atoms with E-state index < -0.39 is 29.7 Å². The SMILES string of the molecule is O=C(NN(C(=O)c1ccccc1)C1CC(=O)N(c2ccc3c(c2)OCO3)C1=O)c1ccncc1. The molecule has 1 aromatic heterocycles. The molecule has 2 aromatic carbocycles. The number of rotatable bonds is 4. The van der Waals surface area contributed by atoms with Crippen LogP contribution in [0.1, 0.15) is 27.1 Å². The van der Waals surface area contributed by atoms with Crippen LogP contribution in [0.4, 0.5) is 5.69 Å². The summed E-state index contributed by atoms with van der Waals surface area (Å²) in [7, 11) is 0. The Kier molecular flexibility index (Phi) is 5.38. The summed E-state index contributed by atoms with van der Waals surface area (Å²) in [5.41, 5.74) is 3.29. The first-order valence-corrected chi connectivity index (χ1v) is 10.4. The fourth-order valence-corrected chi connectivity index (χ4v) is 3.78. The van der Waals surface area contributed by atoms with E-state index in [2.05, 4.69) is 10.4 Å². The molecule has 5 rings (SSSR count). The van der Waals surface area contributed by atoms with Crippen LogP contribution in [0.3, 0.4) is 0 Å². The molecule has 10 nitrogen and oxygen atoms in total. The Labute approximate surface area is 193 Å². The minimum absolute atomic E-state index is 0.0453. The molecule has 1 fully saturated rings. The van der Waals surface area contributed by atoms with Crippen LogP contribution in [0.5, 0.6) is 11.5 Å². The number of nitrogens with one attached hydrogen (secondary N) is 1. The van der Waals surface area contributed by atoms with Crippen molar-refractivity contribution in [1.29, 1.82) is 0 Å². The first-order valence-electron chi connectivity index (χ1n) is 10.4. The Morgan fingerprint density at radius 3 is 2.44 bits per heavy atom. The van der Waals surface area contributed by atoms with Gasteiger partial charge in [-0.1, -0.05) is 18.2 Å². The molecule has 0 saturated carbocycles. The molecule has 0 spiro atoms. The molecule has 0 radical (unpaired) electrons. The number of anilines is 1. The molecule has 3 aromatic rings. The minimum atomic E-state index is -1.24. The number of benzene rings is 2. The van der Waals surface area contributed by atoms with Gasteiger partial charge in [0.15, 0.2) is 11.5 Å². The van der Waals surface area contributed by atoms with Crippen LogP contribution in [0, 0.1) is 0 Å². The summed E-state index contributed by atoms with van der Waals surface area (Å²) in [6.45, 7) is 0.0453. The van der Waals surface area contributed by atoms with Gasteiger partial charge in [0.25, 0.3) is 17.7 Å². The topological polar surface area (TPSA) is 118 Å². The molecule has 4 amide bonds. The zero-order valence-electron chi connectivity index (χ0n) is 17.7. The maximum Gasteiger partial charge on any atom is 0.273 e. The normalized spacial score (nSPS) is 16.5. The van der Waals surface area contributed by atoms with Crippen LogP contribution in [0.15, 0.2) is 73.1 Å².